The van der Waals surface area contributed by atoms with Gasteiger partial charge in [-0.1, -0.05) is 6.58 Å². The Morgan fingerprint density at radius 1 is 1.70 bits per heavy atom. The molecule has 5 nitrogen and oxygen atoms in total. The van der Waals surface area contributed by atoms with E-state index in [0.29, 0.717) is 5.82 Å². The van der Waals surface area contributed by atoms with E-state index in [-0.39, 0.29) is 0 Å². The first-order valence-electron chi connectivity index (χ1n) is 2.97. The Bertz CT molecular complexity index is 184. The molecule has 1 N–H and O–H groups in total. The van der Waals surface area contributed by atoms with Gasteiger partial charge in [0, 0.05) is 6.54 Å². The Labute approximate surface area is 59.1 Å². The number of rotatable bonds is 2. The van der Waals surface area contributed by atoms with Crippen molar-refractivity contribution in [2.45, 2.75) is 6.92 Å². The van der Waals surface area contributed by atoms with Crippen LogP contribution in [-0.2, 0) is 0 Å². The Morgan fingerprint density at radius 2 is 2.40 bits per heavy atom. The van der Waals surface area contributed by atoms with Gasteiger partial charge in [0.2, 0.25) is 0 Å². The molecule has 0 aromatic rings. The van der Waals surface area contributed by atoms with Crippen LogP contribution in [0.5, 0.6) is 0 Å². The van der Waals surface area contributed by atoms with E-state index >= 15 is 0 Å². The monoisotopic (exact) mass is 139 g/mol. The van der Waals surface area contributed by atoms with Crippen molar-refractivity contribution in [3.63, 3.8) is 0 Å². The standard InChI is InChI=1S/C5H9N5/c1-3-9-5(2)10(4-6)8-7-9/h4,6H,2-3H2,1H3. The van der Waals surface area contributed by atoms with Gasteiger partial charge in [-0.25, -0.2) is 5.01 Å². The van der Waals surface area contributed by atoms with Gasteiger partial charge in [-0.2, -0.15) is 5.01 Å². The molecule has 5 heteroatoms. The molecule has 0 unspecified atom stereocenters. The van der Waals surface area contributed by atoms with Gasteiger partial charge in [-0.15, -0.1) is 0 Å². The summed E-state index contributed by atoms with van der Waals surface area (Å²) in [5.41, 5.74) is 0. The smallest absolute Gasteiger partial charge is 0.148 e. The van der Waals surface area contributed by atoms with Gasteiger partial charge in [0.15, 0.2) is 0 Å². The van der Waals surface area contributed by atoms with Gasteiger partial charge in [-0.3, -0.25) is 5.41 Å². The molecule has 1 aliphatic heterocycles. The summed E-state index contributed by atoms with van der Waals surface area (Å²) in [5, 5.41) is 17.1. The van der Waals surface area contributed by atoms with Crippen LogP contribution in [0.2, 0.25) is 0 Å². The average molecular weight is 139 g/mol. The van der Waals surface area contributed by atoms with E-state index in [0.717, 1.165) is 12.9 Å². The molecule has 0 atom stereocenters. The molecule has 0 amide bonds. The zero-order valence-electron chi connectivity index (χ0n) is 5.78. The van der Waals surface area contributed by atoms with Crippen molar-refractivity contribution in [2.24, 2.45) is 10.4 Å². The van der Waals surface area contributed by atoms with Crippen molar-refractivity contribution in [2.75, 3.05) is 6.54 Å². The van der Waals surface area contributed by atoms with E-state index < -0.39 is 0 Å². The van der Waals surface area contributed by atoms with Crippen LogP contribution in [-0.4, -0.2) is 22.9 Å². The number of nitrogens with zero attached hydrogens (tertiary/aromatic N) is 4. The summed E-state index contributed by atoms with van der Waals surface area (Å²) in [7, 11) is 0. The van der Waals surface area contributed by atoms with Crippen LogP contribution in [0, 0.1) is 5.41 Å². The van der Waals surface area contributed by atoms with E-state index in [4.69, 9.17) is 5.41 Å². The highest BCUT2D eigenvalue weighted by molar-refractivity contribution is 5.53. The lowest BCUT2D eigenvalue weighted by molar-refractivity contribution is 0.371. The van der Waals surface area contributed by atoms with Crippen molar-refractivity contribution < 1.29 is 0 Å². The highest BCUT2D eigenvalue weighted by atomic mass is 15.8. The third-order valence-electron chi connectivity index (χ3n) is 1.23. The summed E-state index contributed by atoms with van der Waals surface area (Å²) in [6, 6.07) is 0. The number of hydrogen-bond donors (Lipinski definition) is 1. The van der Waals surface area contributed by atoms with Gasteiger partial charge in [0.05, 0.1) is 0 Å². The summed E-state index contributed by atoms with van der Waals surface area (Å²) in [5.74, 6) is 0.623. The van der Waals surface area contributed by atoms with Crippen molar-refractivity contribution in [1.82, 2.24) is 10.0 Å². The molecular weight excluding hydrogens is 130 g/mol. The molecule has 0 aromatic carbocycles. The molecule has 1 rings (SSSR count). The molecule has 0 aromatic heterocycles. The summed E-state index contributed by atoms with van der Waals surface area (Å²) in [6.45, 7) is 6.34. The molecular formula is C5H9N5. The molecule has 1 aliphatic rings. The van der Waals surface area contributed by atoms with Crippen molar-refractivity contribution in [1.29, 1.82) is 5.41 Å². The molecule has 0 fully saturated rings. The zero-order valence-corrected chi connectivity index (χ0v) is 5.78. The highest BCUT2D eigenvalue weighted by Gasteiger charge is 2.16. The first-order valence-corrected chi connectivity index (χ1v) is 2.97. The predicted octanol–water partition coefficient (Wildman–Crippen LogP) is 0.984. The second-order valence-corrected chi connectivity index (χ2v) is 1.78. The Kier molecular flexibility index (Phi) is 1.66. The first-order chi connectivity index (χ1) is 4.79. The fourth-order valence-electron chi connectivity index (χ4n) is 0.659. The van der Waals surface area contributed by atoms with Crippen LogP contribution in [0.3, 0.4) is 0 Å². The SMILES string of the molecule is C=C1N(C=N)N=NN1CC. The normalized spacial score (nSPS) is 16.7. The van der Waals surface area contributed by atoms with E-state index in [2.05, 4.69) is 17.0 Å². The molecule has 0 aliphatic carbocycles. The summed E-state index contributed by atoms with van der Waals surface area (Å²) < 4.78 is 0. The van der Waals surface area contributed by atoms with Crippen molar-refractivity contribution in [3.05, 3.63) is 12.4 Å². The topological polar surface area (TPSA) is 55.1 Å². The van der Waals surface area contributed by atoms with E-state index in [9.17, 15) is 0 Å². The molecule has 0 bridgehead atoms. The molecule has 0 saturated heterocycles. The summed E-state index contributed by atoms with van der Waals surface area (Å²) in [4.78, 5) is 0. The molecule has 0 radical (unpaired) electrons. The number of nitrogens with one attached hydrogen (secondary N) is 1. The maximum Gasteiger partial charge on any atom is 0.148 e. The zero-order chi connectivity index (χ0) is 7.56. The van der Waals surface area contributed by atoms with Gasteiger partial charge in [0.25, 0.3) is 0 Å². The largest absolute Gasteiger partial charge is 0.289 e. The number of hydrogen-bond acceptors (Lipinski definition) is 4. The second-order valence-electron chi connectivity index (χ2n) is 1.78. The maximum atomic E-state index is 6.86. The predicted molar refractivity (Wildman–Crippen MR) is 37.0 cm³/mol. The van der Waals surface area contributed by atoms with Gasteiger partial charge >= 0.3 is 0 Å². The lowest BCUT2D eigenvalue weighted by atomic mass is 10.6. The molecule has 1 heterocycles. The molecule has 54 valence electrons. The Morgan fingerprint density at radius 3 is 2.70 bits per heavy atom. The van der Waals surface area contributed by atoms with E-state index in [1.807, 2.05) is 6.92 Å². The molecule has 0 spiro atoms. The van der Waals surface area contributed by atoms with Gasteiger partial charge in [-0.05, 0) is 17.4 Å². The quantitative estimate of drug-likeness (QED) is 0.458. The lowest BCUT2D eigenvalue weighted by Crippen LogP contribution is -2.19. The molecule has 10 heavy (non-hydrogen) atoms. The van der Waals surface area contributed by atoms with E-state index in [1.54, 1.807) is 5.01 Å². The summed E-state index contributed by atoms with van der Waals surface area (Å²) in [6.07, 6.45) is 1.07. The fraction of sp³-hybridized carbons (Fsp3) is 0.400. The van der Waals surface area contributed by atoms with Crippen LogP contribution in [0.1, 0.15) is 6.92 Å². The van der Waals surface area contributed by atoms with Crippen LogP contribution >= 0.6 is 0 Å². The van der Waals surface area contributed by atoms with Crippen molar-refractivity contribution >= 4 is 6.34 Å². The Hall–Kier alpha value is -1.39. The maximum absolute atomic E-state index is 6.86. The third-order valence-corrected chi connectivity index (χ3v) is 1.23. The van der Waals surface area contributed by atoms with Crippen LogP contribution in [0.25, 0.3) is 0 Å². The first kappa shape index (κ1) is 6.73. The summed E-state index contributed by atoms with van der Waals surface area (Å²) >= 11 is 0. The van der Waals surface area contributed by atoms with Crippen LogP contribution in [0.4, 0.5) is 0 Å². The fourth-order valence-corrected chi connectivity index (χ4v) is 0.659. The molecule has 0 saturated carbocycles. The van der Waals surface area contributed by atoms with Crippen LogP contribution in [0.15, 0.2) is 22.8 Å². The van der Waals surface area contributed by atoms with E-state index in [1.165, 1.54) is 5.01 Å². The minimum absolute atomic E-state index is 0.623. The third kappa shape index (κ3) is 0.854. The lowest BCUT2D eigenvalue weighted by Gasteiger charge is -2.12. The second kappa shape index (κ2) is 2.47. The minimum Gasteiger partial charge on any atom is -0.289 e. The highest BCUT2D eigenvalue weighted by Crippen LogP contribution is 2.14. The Balaban J connectivity index is 2.67. The minimum atomic E-state index is 0.623. The average Bonchev–Trinajstić information content (AvgIpc) is 2.30. The van der Waals surface area contributed by atoms with Gasteiger partial charge < -0.3 is 0 Å². The van der Waals surface area contributed by atoms with Crippen molar-refractivity contribution in [3.8, 4) is 0 Å². The van der Waals surface area contributed by atoms with Gasteiger partial charge in [0.1, 0.15) is 12.2 Å². The van der Waals surface area contributed by atoms with Crippen LogP contribution < -0.4 is 0 Å².